The highest BCUT2D eigenvalue weighted by molar-refractivity contribution is 5.69. The van der Waals surface area contributed by atoms with Gasteiger partial charge in [-0.3, -0.25) is 4.79 Å². The molecular weight excluding hydrogens is 148 g/mol. The highest BCUT2D eigenvalue weighted by atomic mass is 16.6. The van der Waals surface area contributed by atoms with E-state index < -0.39 is 18.2 Å². The van der Waals surface area contributed by atoms with Crippen LogP contribution in [0.25, 0.3) is 0 Å². The maximum atomic E-state index is 10.6. The fourth-order valence-corrected chi connectivity index (χ4v) is 0.540. The maximum Gasteiger partial charge on any atom is 0.305 e. The second-order valence-corrected chi connectivity index (χ2v) is 2.31. The Balaban J connectivity index is 3.78. The topological polar surface area (TPSA) is 66.8 Å². The van der Waals surface area contributed by atoms with Gasteiger partial charge in [0.25, 0.3) is 0 Å². The van der Waals surface area contributed by atoms with E-state index in [0.717, 1.165) is 0 Å². The maximum absolute atomic E-state index is 10.6. The molecule has 0 aromatic carbocycles. The molecule has 0 heterocycles. The van der Waals surface area contributed by atoms with Gasteiger partial charge in [-0.05, 0) is 6.92 Å². The third kappa shape index (κ3) is 3.95. The van der Waals surface area contributed by atoms with Crippen molar-refractivity contribution in [2.45, 2.75) is 32.5 Å². The van der Waals surface area contributed by atoms with Gasteiger partial charge in [0.05, 0.1) is 12.7 Å². The molecule has 0 saturated heterocycles. The van der Waals surface area contributed by atoms with Gasteiger partial charge in [0.1, 0.15) is 0 Å². The van der Waals surface area contributed by atoms with E-state index in [2.05, 4.69) is 4.74 Å². The summed E-state index contributed by atoms with van der Waals surface area (Å²) in [6, 6.07) is 0. The summed E-state index contributed by atoms with van der Waals surface area (Å²) in [6.07, 6.45) is -1.36. The van der Waals surface area contributed by atoms with Crippen molar-refractivity contribution in [2.24, 2.45) is 0 Å². The summed E-state index contributed by atoms with van der Waals surface area (Å²) >= 11 is 0. The average molecular weight is 162 g/mol. The molecule has 2 N–H and O–H groups in total. The van der Waals surface area contributed by atoms with Crippen LogP contribution < -0.4 is 0 Å². The third-order valence-electron chi connectivity index (χ3n) is 1.29. The number of hydrogen-bond acceptors (Lipinski definition) is 4. The molecule has 0 rings (SSSR count). The minimum atomic E-state index is -0.824. The summed E-state index contributed by atoms with van der Waals surface area (Å²) in [6.45, 7) is 2.77. The smallest absolute Gasteiger partial charge is 0.305 e. The number of aliphatic hydroxyl groups excluding tert-OH is 2. The molecule has 0 aliphatic carbocycles. The van der Waals surface area contributed by atoms with Crippen molar-refractivity contribution < 1.29 is 19.7 Å². The predicted molar refractivity (Wildman–Crippen MR) is 38.9 cm³/mol. The summed E-state index contributed by atoms with van der Waals surface area (Å²) in [5.74, 6) is -0.412. The van der Waals surface area contributed by atoms with Gasteiger partial charge in [-0.1, -0.05) is 6.92 Å². The van der Waals surface area contributed by atoms with E-state index in [1.807, 2.05) is 0 Å². The number of hydrogen-bond donors (Lipinski definition) is 2. The average Bonchev–Trinajstić information content (AvgIpc) is 1.99. The Morgan fingerprint density at radius 3 is 2.45 bits per heavy atom. The molecule has 11 heavy (non-hydrogen) atoms. The third-order valence-corrected chi connectivity index (χ3v) is 1.29. The Kier molecular flexibility index (Phi) is 4.81. The van der Waals surface area contributed by atoms with Gasteiger partial charge in [0, 0.05) is 6.42 Å². The number of esters is 1. The van der Waals surface area contributed by atoms with Crippen LogP contribution in [0, 0.1) is 0 Å². The predicted octanol–water partition coefficient (Wildman–Crippen LogP) is -0.319. The summed E-state index contributed by atoms with van der Waals surface area (Å²) in [7, 11) is 0. The molecule has 0 aliphatic heterocycles. The van der Waals surface area contributed by atoms with Crippen LogP contribution in [0.5, 0.6) is 0 Å². The minimum Gasteiger partial charge on any atom is -0.457 e. The molecule has 1 unspecified atom stereocenters. The van der Waals surface area contributed by atoms with Crippen LogP contribution in [0.15, 0.2) is 0 Å². The molecule has 0 aromatic rings. The Morgan fingerprint density at radius 2 is 2.18 bits per heavy atom. The van der Waals surface area contributed by atoms with Crippen LogP contribution in [-0.2, 0) is 9.53 Å². The van der Waals surface area contributed by atoms with Crippen LogP contribution in [-0.4, -0.2) is 35.0 Å². The van der Waals surface area contributed by atoms with Gasteiger partial charge in [-0.2, -0.15) is 0 Å². The van der Waals surface area contributed by atoms with Crippen molar-refractivity contribution in [1.82, 2.24) is 0 Å². The van der Waals surface area contributed by atoms with Crippen LogP contribution in [0.2, 0.25) is 0 Å². The monoisotopic (exact) mass is 162 g/mol. The van der Waals surface area contributed by atoms with Crippen molar-refractivity contribution in [1.29, 1.82) is 0 Å². The molecule has 0 fully saturated rings. The first-order valence-corrected chi connectivity index (χ1v) is 3.60. The van der Waals surface area contributed by atoms with E-state index in [1.165, 1.54) is 6.92 Å². The Hall–Kier alpha value is -0.610. The zero-order chi connectivity index (χ0) is 8.85. The van der Waals surface area contributed by atoms with Crippen molar-refractivity contribution >= 4 is 5.97 Å². The van der Waals surface area contributed by atoms with Gasteiger partial charge in [-0.15, -0.1) is 0 Å². The summed E-state index contributed by atoms with van der Waals surface area (Å²) in [4.78, 5) is 10.6. The van der Waals surface area contributed by atoms with Gasteiger partial charge < -0.3 is 14.9 Å². The van der Waals surface area contributed by atoms with Crippen molar-refractivity contribution in [3.63, 3.8) is 0 Å². The van der Waals surface area contributed by atoms with E-state index >= 15 is 0 Å². The van der Waals surface area contributed by atoms with E-state index in [4.69, 9.17) is 10.2 Å². The van der Waals surface area contributed by atoms with Crippen LogP contribution >= 0.6 is 0 Å². The Labute approximate surface area is 65.8 Å². The van der Waals surface area contributed by atoms with Crippen LogP contribution in [0.3, 0.4) is 0 Å². The fraction of sp³-hybridized carbons (Fsp3) is 0.857. The summed E-state index contributed by atoms with van der Waals surface area (Å²) < 4.78 is 4.67. The lowest BCUT2D eigenvalue weighted by molar-refractivity contribution is -0.156. The van der Waals surface area contributed by atoms with Gasteiger partial charge in [-0.25, -0.2) is 0 Å². The Bertz CT molecular complexity index is 122. The highest BCUT2D eigenvalue weighted by Crippen LogP contribution is 1.99. The number of carbonyl (C=O) groups excluding carboxylic acids is 1. The number of carbonyl (C=O) groups is 1. The molecule has 0 spiro atoms. The van der Waals surface area contributed by atoms with Crippen LogP contribution in [0.1, 0.15) is 20.3 Å². The molecule has 0 amide bonds. The van der Waals surface area contributed by atoms with Gasteiger partial charge in [0.2, 0.25) is 0 Å². The second kappa shape index (κ2) is 5.09. The first-order chi connectivity index (χ1) is 5.11. The normalized spacial score (nSPS) is 15.6. The number of aliphatic hydroxyl groups is 2. The van der Waals surface area contributed by atoms with E-state index in [0.29, 0.717) is 0 Å². The number of rotatable bonds is 4. The molecule has 0 bridgehead atoms. The second-order valence-electron chi connectivity index (χ2n) is 2.31. The molecule has 2 atom stereocenters. The largest absolute Gasteiger partial charge is 0.457 e. The minimum absolute atomic E-state index is 0.253. The van der Waals surface area contributed by atoms with E-state index in [9.17, 15) is 4.79 Å². The molecule has 0 aromatic heterocycles. The molecular formula is C7H14O4. The van der Waals surface area contributed by atoms with Crippen LogP contribution in [0.4, 0.5) is 0 Å². The molecule has 4 heteroatoms. The molecule has 0 saturated carbocycles. The quantitative estimate of drug-likeness (QED) is 0.556. The van der Waals surface area contributed by atoms with Gasteiger partial charge >= 0.3 is 5.97 Å². The standard InChI is InChI=1S/C7H14O4/c1-3-7(10)11-6(4-8)5(2)9/h5-6,8-9H,3-4H2,1-2H3/t5?,6-/m0/s1. The highest BCUT2D eigenvalue weighted by Gasteiger charge is 2.17. The Morgan fingerprint density at radius 1 is 1.64 bits per heavy atom. The lowest BCUT2D eigenvalue weighted by Crippen LogP contribution is -2.32. The zero-order valence-electron chi connectivity index (χ0n) is 6.78. The first-order valence-electron chi connectivity index (χ1n) is 3.60. The zero-order valence-corrected chi connectivity index (χ0v) is 6.78. The number of ether oxygens (including phenoxy) is 1. The lowest BCUT2D eigenvalue weighted by Gasteiger charge is -2.17. The van der Waals surface area contributed by atoms with Gasteiger partial charge in [0.15, 0.2) is 6.10 Å². The summed E-state index contributed by atoms with van der Waals surface area (Å²) in [5, 5.41) is 17.5. The first kappa shape index (κ1) is 10.4. The molecule has 66 valence electrons. The SMILES string of the molecule is CCC(=O)O[C@@H](CO)C(C)O. The summed E-state index contributed by atoms with van der Waals surface area (Å²) in [5.41, 5.74) is 0. The molecule has 0 aliphatic rings. The van der Waals surface area contributed by atoms with Crippen molar-refractivity contribution in [3.05, 3.63) is 0 Å². The van der Waals surface area contributed by atoms with Crippen molar-refractivity contribution in [2.75, 3.05) is 6.61 Å². The molecule has 0 radical (unpaired) electrons. The fourth-order valence-electron chi connectivity index (χ4n) is 0.540. The van der Waals surface area contributed by atoms with E-state index in [-0.39, 0.29) is 13.0 Å². The van der Waals surface area contributed by atoms with Crippen molar-refractivity contribution in [3.8, 4) is 0 Å². The lowest BCUT2D eigenvalue weighted by atomic mass is 10.2. The van der Waals surface area contributed by atoms with E-state index in [1.54, 1.807) is 6.92 Å². The molecule has 4 nitrogen and oxygen atoms in total.